The maximum absolute atomic E-state index is 5.96. The molecular weight excluding hydrogens is 340 g/mol. The van der Waals surface area contributed by atoms with E-state index in [4.69, 9.17) is 14.5 Å². The van der Waals surface area contributed by atoms with E-state index >= 15 is 0 Å². The van der Waals surface area contributed by atoms with Crippen LogP contribution in [0.3, 0.4) is 0 Å². The summed E-state index contributed by atoms with van der Waals surface area (Å²) in [7, 11) is 0. The topological polar surface area (TPSA) is 49.3 Å². The first-order chi connectivity index (χ1) is 13.3. The fourth-order valence-corrected chi connectivity index (χ4v) is 4.45. The van der Waals surface area contributed by atoms with Crippen LogP contribution in [0.2, 0.25) is 0 Å². The highest BCUT2D eigenvalue weighted by atomic mass is 16.5. The van der Waals surface area contributed by atoms with Gasteiger partial charge in [-0.05, 0) is 64.5 Å². The molecule has 0 saturated carbocycles. The molecular formula is C21H40N4O2. The largest absolute Gasteiger partial charge is 0.381 e. The molecule has 3 rings (SSSR count). The maximum Gasteiger partial charge on any atom is 0.193 e. The van der Waals surface area contributed by atoms with E-state index in [1.54, 1.807) is 0 Å². The van der Waals surface area contributed by atoms with Gasteiger partial charge in [-0.3, -0.25) is 4.99 Å². The molecule has 6 heteroatoms. The van der Waals surface area contributed by atoms with Crippen molar-refractivity contribution >= 4 is 5.96 Å². The third-order valence-corrected chi connectivity index (χ3v) is 5.97. The molecule has 0 aliphatic carbocycles. The van der Waals surface area contributed by atoms with Crippen molar-refractivity contribution in [3.8, 4) is 0 Å². The average molecular weight is 381 g/mol. The Morgan fingerprint density at radius 3 is 2.70 bits per heavy atom. The van der Waals surface area contributed by atoms with Gasteiger partial charge < -0.3 is 24.6 Å². The van der Waals surface area contributed by atoms with Crippen LogP contribution in [0.1, 0.15) is 51.9 Å². The smallest absolute Gasteiger partial charge is 0.193 e. The zero-order valence-electron chi connectivity index (χ0n) is 17.3. The van der Waals surface area contributed by atoms with Crippen LogP contribution in [-0.4, -0.2) is 87.5 Å². The highest BCUT2D eigenvalue weighted by Crippen LogP contribution is 2.20. The van der Waals surface area contributed by atoms with Crippen LogP contribution in [0.4, 0.5) is 0 Å². The third kappa shape index (κ3) is 7.24. The van der Waals surface area contributed by atoms with Crippen LogP contribution in [0, 0.1) is 5.92 Å². The fourth-order valence-electron chi connectivity index (χ4n) is 4.45. The van der Waals surface area contributed by atoms with Crippen molar-refractivity contribution in [2.75, 3.05) is 65.6 Å². The molecule has 3 heterocycles. The predicted octanol–water partition coefficient (Wildman–Crippen LogP) is 2.35. The molecule has 0 amide bonds. The van der Waals surface area contributed by atoms with Crippen LogP contribution in [0.25, 0.3) is 0 Å². The number of guanidine groups is 1. The molecule has 6 nitrogen and oxygen atoms in total. The third-order valence-electron chi connectivity index (χ3n) is 5.97. The lowest BCUT2D eigenvalue weighted by Gasteiger charge is -2.29. The molecule has 1 N–H and O–H groups in total. The molecule has 3 fully saturated rings. The van der Waals surface area contributed by atoms with Gasteiger partial charge in [0.25, 0.3) is 0 Å². The van der Waals surface area contributed by atoms with Gasteiger partial charge in [-0.15, -0.1) is 0 Å². The lowest BCUT2D eigenvalue weighted by molar-refractivity contribution is -0.0318. The summed E-state index contributed by atoms with van der Waals surface area (Å²) >= 11 is 0. The van der Waals surface area contributed by atoms with E-state index in [2.05, 4.69) is 22.0 Å². The predicted molar refractivity (Wildman–Crippen MR) is 110 cm³/mol. The number of nitrogens with one attached hydrogen (secondary N) is 1. The van der Waals surface area contributed by atoms with E-state index in [-0.39, 0.29) is 0 Å². The summed E-state index contributed by atoms with van der Waals surface area (Å²) in [4.78, 5) is 10.0. The quantitative estimate of drug-likeness (QED) is 0.398. The standard InChI is InChI=1S/C21H40N4O2/c1-2-22-21(23-10-6-14-27-20-8-15-26-16-9-20)25-13-7-19(18-25)17-24-11-4-3-5-12-24/h19-20H,2-18H2,1H3,(H,22,23). The van der Waals surface area contributed by atoms with Gasteiger partial charge in [-0.25, -0.2) is 0 Å². The number of nitrogens with zero attached hydrogens (tertiary/aromatic N) is 3. The Bertz CT molecular complexity index is 434. The molecule has 0 bridgehead atoms. The van der Waals surface area contributed by atoms with E-state index in [1.807, 2.05) is 0 Å². The Balaban J connectivity index is 1.36. The molecule has 1 atom stereocenters. The van der Waals surface area contributed by atoms with E-state index in [0.29, 0.717) is 6.10 Å². The van der Waals surface area contributed by atoms with Crippen LogP contribution < -0.4 is 5.32 Å². The number of hydrogen-bond donors (Lipinski definition) is 1. The van der Waals surface area contributed by atoms with Crippen molar-refractivity contribution in [1.29, 1.82) is 0 Å². The molecule has 3 aliphatic heterocycles. The average Bonchev–Trinajstić information content (AvgIpc) is 3.17. The fraction of sp³-hybridized carbons (Fsp3) is 0.952. The summed E-state index contributed by atoms with van der Waals surface area (Å²) < 4.78 is 11.3. The molecule has 27 heavy (non-hydrogen) atoms. The second-order valence-electron chi connectivity index (χ2n) is 8.23. The number of aliphatic imine (C=N–C) groups is 1. The number of rotatable bonds is 8. The summed E-state index contributed by atoms with van der Waals surface area (Å²) in [6, 6.07) is 0. The SMILES string of the molecule is CCNC(=NCCCOC1CCOCC1)N1CCC(CN2CCCCC2)C1. The van der Waals surface area contributed by atoms with Gasteiger partial charge in [0.05, 0.1) is 6.10 Å². The van der Waals surface area contributed by atoms with Gasteiger partial charge in [0.2, 0.25) is 0 Å². The second-order valence-corrected chi connectivity index (χ2v) is 8.23. The van der Waals surface area contributed by atoms with Gasteiger partial charge in [0.1, 0.15) is 0 Å². The molecule has 156 valence electrons. The minimum absolute atomic E-state index is 0.394. The van der Waals surface area contributed by atoms with Crippen molar-refractivity contribution in [3.05, 3.63) is 0 Å². The highest BCUT2D eigenvalue weighted by molar-refractivity contribution is 5.80. The summed E-state index contributed by atoms with van der Waals surface area (Å²) in [6.45, 7) is 12.6. The molecule has 3 saturated heterocycles. The van der Waals surface area contributed by atoms with Gasteiger partial charge in [0, 0.05) is 52.5 Å². The van der Waals surface area contributed by atoms with Gasteiger partial charge in [0.15, 0.2) is 5.96 Å². The maximum atomic E-state index is 5.96. The van der Waals surface area contributed by atoms with Crippen molar-refractivity contribution in [3.63, 3.8) is 0 Å². The van der Waals surface area contributed by atoms with Gasteiger partial charge in [-0.2, -0.15) is 0 Å². The minimum atomic E-state index is 0.394. The zero-order chi connectivity index (χ0) is 18.7. The van der Waals surface area contributed by atoms with E-state index in [9.17, 15) is 0 Å². The Morgan fingerprint density at radius 1 is 1.11 bits per heavy atom. The molecule has 0 spiro atoms. The molecule has 1 unspecified atom stereocenters. The van der Waals surface area contributed by atoms with Gasteiger partial charge in [-0.1, -0.05) is 6.42 Å². The summed E-state index contributed by atoms with van der Waals surface area (Å²) in [6.07, 6.45) is 8.96. The lowest BCUT2D eigenvalue weighted by Crippen LogP contribution is -2.41. The Labute approximate surface area is 165 Å². The molecule has 0 aromatic heterocycles. The first kappa shape index (κ1) is 20.9. The monoisotopic (exact) mass is 380 g/mol. The second kappa shape index (κ2) is 11.9. The van der Waals surface area contributed by atoms with Crippen molar-refractivity contribution in [2.45, 2.75) is 58.0 Å². The van der Waals surface area contributed by atoms with Crippen molar-refractivity contribution < 1.29 is 9.47 Å². The Morgan fingerprint density at radius 2 is 1.93 bits per heavy atom. The molecule has 0 radical (unpaired) electrons. The van der Waals surface area contributed by atoms with E-state index in [1.165, 1.54) is 45.3 Å². The van der Waals surface area contributed by atoms with Crippen LogP contribution >= 0.6 is 0 Å². The summed E-state index contributed by atoms with van der Waals surface area (Å²) in [5.74, 6) is 1.90. The van der Waals surface area contributed by atoms with Crippen LogP contribution in [0.15, 0.2) is 4.99 Å². The Hall–Kier alpha value is -0.850. The normalized spacial score (nSPS) is 25.9. The first-order valence-corrected chi connectivity index (χ1v) is 11.3. The molecule has 0 aromatic carbocycles. The van der Waals surface area contributed by atoms with Crippen LogP contribution in [0.5, 0.6) is 0 Å². The van der Waals surface area contributed by atoms with Crippen molar-refractivity contribution in [1.82, 2.24) is 15.1 Å². The number of ether oxygens (including phenoxy) is 2. The van der Waals surface area contributed by atoms with Gasteiger partial charge >= 0.3 is 0 Å². The van der Waals surface area contributed by atoms with E-state index < -0.39 is 0 Å². The highest BCUT2D eigenvalue weighted by Gasteiger charge is 2.26. The number of piperidine rings is 1. The minimum Gasteiger partial charge on any atom is -0.381 e. The lowest BCUT2D eigenvalue weighted by atomic mass is 10.1. The van der Waals surface area contributed by atoms with Crippen LogP contribution in [-0.2, 0) is 9.47 Å². The Kier molecular flexibility index (Phi) is 9.18. The van der Waals surface area contributed by atoms with Crippen molar-refractivity contribution in [2.24, 2.45) is 10.9 Å². The number of hydrogen-bond acceptors (Lipinski definition) is 4. The molecule has 3 aliphatic rings. The summed E-state index contributed by atoms with van der Waals surface area (Å²) in [5, 5.41) is 3.49. The summed E-state index contributed by atoms with van der Waals surface area (Å²) in [5.41, 5.74) is 0. The zero-order valence-corrected chi connectivity index (χ0v) is 17.3. The first-order valence-electron chi connectivity index (χ1n) is 11.3. The molecule has 0 aromatic rings. The number of likely N-dealkylation sites (tertiary alicyclic amines) is 2. The van der Waals surface area contributed by atoms with E-state index in [0.717, 1.165) is 77.1 Å².